The molecule has 0 spiro atoms. The van der Waals surface area contributed by atoms with E-state index in [1.165, 1.54) is 10.8 Å². The molecule has 4 heterocycles. The van der Waals surface area contributed by atoms with E-state index in [1.54, 1.807) is 0 Å². The van der Waals surface area contributed by atoms with Crippen molar-refractivity contribution in [3.05, 3.63) is 133 Å². The first kappa shape index (κ1) is 35.2. The summed E-state index contributed by atoms with van der Waals surface area (Å²) in [6, 6.07) is 43.3. The molecule has 0 aliphatic heterocycles. The Labute approximate surface area is 308 Å². The zero-order chi connectivity index (χ0) is 34.1. The van der Waals surface area contributed by atoms with Crippen LogP contribution in [0.1, 0.15) is 19.4 Å². The second kappa shape index (κ2) is 14.7. The predicted octanol–water partition coefficient (Wildman–Crippen LogP) is 10.3. The molecule has 0 aliphatic carbocycles. The Morgan fingerprint density at radius 1 is 0.780 bits per heavy atom. The SMILES string of the molecule is CC(C)Cc1cc(-c2[c-]cccc2)ncc1[Si](C)(C)C.Cn1c(-c2[c-]ccc3c2oc2nc(-c4ccccc4)ccc23)nc2ccccc21.[Ir]. The van der Waals surface area contributed by atoms with Gasteiger partial charge in [0.25, 0.3) is 0 Å². The number of fused-ring (bicyclic) bond motifs is 4. The first-order chi connectivity index (χ1) is 23.7. The van der Waals surface area contributed by atoms with E-state index in [2.05, 4.69) is 97.8 Å². The van der Waals surface area contributed by atoms with E-state index in [0.29, 0.717) is 11.6 Å². The van der Waals surface area contributed by atoms with Gasteiger partial charge in [0.15, 0.2) is 0 Å². The minimum Gasteiger partial charge on any atom is -0.486 e. The Balaban J connectivity index is 0.000000182. The molecule has 0 fully saturated rings. The van der Waals surface area contributed by atoms with Gasteiger partial charge in [0.1, 0.15) is 0 Å². The zero-order valence-electron chi connectivity index (χ0n) is 29.3. The third kappa shape index (κ3) is 7.13. The molecule has 8 rings (SSSR count). The van der Waals surface area contributed by atoms with Gasteiger partial charge in [-0.05, 0) is 47.5 Å². The van der Waals surface area contributed by atoms with Gasteiger partial charge >= 0.3 is 0 Å². The van der Waals surface area contributed by atoms with Gasteiger partial charge in [-0.15, -0.1) is 54.1 Å². The van der Waals surface area contributed by atoms with E-state index >= 15 is 0 Å². The Bertz CT molecular complexity index is 2390. The van der Waals surface area contributed by atoms with Gasteiger partial charge in [-0.25, -0.2) is 4.98 Å². The van der Waals surface area contributed by atoms with Crippen molar-refractivity contribution in [1.29, 1.82) is 0 Å². The predicted molar refractivity (Wildman–Crippen MR) is 206 cm³/mol. The number of furan rings is 1. The maximum Gasteiger partial charge on any atom is 0.216 e. The number of hydrogen-bond acceptors (Lipinski definition) is 4. The van der Waals surface area contributed by atoms with E-state index in [9.17, 15) is 0 Å². The summed E-state index contributed by atoms with van der Waals surface area (Å²) < 4.78 is 8.34. The van der Waals surface area contributed by atoms with Crippen LogP contribution in [0.3, 0.4) is 0 Å². The molecule has 4 aromatic carbocycles. The molecule has 0 aliphatic rings. The molecule has 1 radical (unpaired) electrons. The van der Waals surface area contributed by atoms with E-state index in [-0.39, 0.29) is 20.1 Å². The second-order valence-electron chi connectivity index (χ2n) is 13.9. The molecule has 4 aromatic heterocycles. The number of imidazole rings is 1. The van der Waals surface area contributed by atoms with E-state index in [4.69, 9.17) is 14.4 Å². The van der Waals surface area contributed by atoms with Crippen LogP contribution in [-0.4, -0.2) is 27.6 Å². The summed E-state index contributed by atoms with van der Waals surface area (Å²) >= 11 is 0. The maximum atomic E-state index is 6.26. The average molecular weight is 849 g/mol. The molecule has 0 atom stereocenters. The van der Waals surface area contributed by atoms with Crippen LogP contribution < -0.4 is 5.19 Å². The summed E-state index contributed by atoms with van der Waals surface area (Å²) in [5, 5.41) is 3.51. The fraction of sp³-hybridized carbons (Fsp3) is 0.186. The normalized spacial score (nSPS) is 11.5. The van der Waals surface area contributed by atoms with Crippen LogP contribution in [0.25, 0.3) is 67.0 Å². The molecule has 50 heavy (non-hydrogen) atoms. The van der Waals surface area contributed by atoms with E-state index in [0.717, 1.165) is 67.7 Å². The van der Waals surface area contributed by atoms with Gasteiger partial charge in [0.2, 0.25) is 5.71 Å². The smallest absolute Gasteiger partial charge is 0.216 e. The topological polar surface area (TPSA) is 56.7 Å². The summed E-state index contributed by atoms with van der Waals surface area (Å²) in [5.74, 6) is 1.50. The summed E-state index contributed by atoms with van der Waals surface area (Å²) in [4.78, 5) is 14.3. The summed E-state index contributed by atoms with van der Waals surface area (Å²) in [6.07, 6.45) is 3.24. The molecule has 5 nitrogen and oxygen atoms in total. The van der Waals surface area contributed by atoms with Crippen molar-refractivity contribution < 1.29 is 24.5 Å². The minimum atomic E-state index is -1.34. The quantitative estimate of drug-likeness (QED) is 0.124. The number of nitrogens with zero attached hydrogens (tertiary/aromatic N) is 4. The van der Waals surface area contributed by atoms with Crippen molar-refractivity contribution in [3.8, 4) is 33.9 Å². The molecule has 8 aromatic rings. The van der Waals surface area contributed by atoms with E-state index in [1.807, 2.05) is 79.8 Å². The van der Waals surface area contributed by atoms with Crippen molar-refractivity contribution in [3.63, 3.8) is 0 Å². The number of para-hydroxylation sites is 2. The molecule has 0 amide bonds. The standard InChI is InChI=1S/C25H16N3O.C18H24NSi.Ir/c1-28-22-13-6-5-12-21(22)26-24(28)19-11-7-10-17-18-14-15-20(16-8-3-2-4-9-16)27-25(18)29-23(17)19;1-14(2)11-16-12-17(15-9-7-6-8-10-15)19-13-18(16)20(3,4)5;/h2-10,12-15H,1H3;6-9,12-14H,11H2,1-5H3;/q2*-1;. The molecular weight excluding hydrogens is 809 g/mol. The third-order valence-electron chi connectivity index (χ3n) is 8.79. The molecule has 0 unspecified atom stereocenters. The van der Waals surface area contributed by atoms with Crippen LogP contribution in [0.5, 0.6) is 0 Å². The van der Waals surface area contributed by atoms with E-state index < -0.39 is 8.07 Å². The molecule has 0 saturated heterocycles. The van der Waals surface area contributed by atoms with Crippen LogP contribution >= 0.6 is 0 Å². The molecule has 253 valence electrons. The van der Waals surface area contributed by atoms with Gasteiger partial charge in [-0.3, -0.25) is 4.98 Å². The first-order valence-corrected chi connectivity index (χ1v) is 20.3. The largest absolute Gasteiger partial charge is 0.486 e. The van der Waals surface area contributed by atoms with Gasteiger partial charge in [-0.2, -0.15) is 0 Å². The number of aryl methyl sites for hydroxylation is 1. The number of pyridine rings is 2. The third-order valence-corrected chi connectivity index (χ3v) is 10.9. The number of hydrogen-bond donors (Lipinski definition) is 0. The number of benzene rings is 4. The summed E-state index contributed by atoms with van der Waals surface area (Å²) in [6.45, 7) is 11.7. The van der Waals surface area contributed by atoms with Gasteiger partial charge in [-0.1, -0.05) is 98.5 Å². The van der Waals surface area contributed by atoms with Crippen molar-refractivity contribution in [1.82, 2.24) is 19.5 Å². The van der Waals surface area contributed by atoms with Crippen molar-refractivity contribution in [2.75, 3.05) is 0 Å². The first-order valence-electron chi connectivity index (χ1n) is 16.8. The maximum absolute atomic E-state index is 6.26. The Morgan fingerprint density at radius 2 is 1.54 bits per heavy atom. The average Bonchev–Trinajstić information content (AvgIpc) is 3.65. The fourth-order valence-corrected chi connectivity index (χ4v) is 8.00. The Hall–Kier alpha value is -4.68. The minimum absolute atomic E-state index is 0. The van der Waals surface area contributed by atoms with Gasteiger partial charge in [0, 0.05) is 44.3 Å². The molecule has 0 saturated carbocycles. The summed E-state index contributed by atoms with van der Waals surface area (Å²) in [7, 11) is 0.678. The number of rotatable bonds is 6. The molecule has 0 N–H and O–H groups in total. The molecule has 7 heteroatoms. The Kier molecular flexibility index (Phi) is 10.3. The van der Waals surface area contributed by atoms with Crippen LogP contribution in [0.4, 0.5) is 0 Å². The van der Waals surface area contributed by atoms with Gasteiger partial charge < -0.3 is 14.0 Å². The monoisotopic (exact) mass is 849 g/mol. The van der Waals surface area contributed by atoms with Crippen molar-refractivity contribution in [2.45, 2.75) is 39.9 Å². The van der Waals surface area contributed by atoms with Crippen molar-refractivity contribution >= 4 is 46.4 Å². The van der Waals surface area contributed by atoms with Crippen LogP contribution in [0.2, 0.25) is 19.6 Å². The summed E-state index contributed by atoms with van der Waals surface area (Å²) in [5.41, 5.74) is 9.83. The van der Waals surface area contributed by atoms with Gasteiger partial charge in [0.05, 0.1) is 36.2 Å². The van der Waals surface area contributed by atoms with Crippen molar-refractivity contribution in [2.24, 2.45) is 13.0 Å². The fourth-order valence-electron chi connectivity index (χ4n) is 6.41. The second-order valence-corrected chi connectivity index (χ2v) is 19.0. The van der Waals surface area contributed by atoms with Crippen LogP contribution in [-0.2, 0) is 33.6 Å². The Morgan fingerprint density at radius 3 is 2.26 bits per heavy atom. The zero-order valence-corrected chi connectivity index (χ0v) is 32.7. The molecular formula is C43H40IrN4OSi-2. The number of aromatic nitrogens is 4. The molecule has 0 bridgehead atoms. The van der Waals surface area contributed by atoms with Crippen LogP contribution in [0, 0.1) is 18.1 Å². The van der Waals surface area contributed by atoms with Crippen LogP contribution in [0.15, 0.2) is 120 Å².